The number of amides is 1. The van der Waals surface area contributed by atoms with Gasteiger partial charge in [0.05, 0.1) is 17.6 Å². The first-order chi connectivity index (χ1) is 16.8. The minimum absolute atomic E-state index is 0.104. The Bertz CT molecular complexity index is 886. The molecule has 1 atom stereocenters. The summed E-state index contributed by atoms with van der Waals surface area (Å²) in [6.07, 6.45) is 11.4. The number of thioether (sulfide) groups is 1. The van der Waals surface area contributed by atoms with Crippen molar-refractivity contribution in [3.63, 3.8) is 0 Å². The number of hydrogen-bond donors (Lipinski definition) is 1. The van der Waals surface area contributed by atoms with Crippen molar-refractivity contribution in [3.05, 3.63) is 28.7 Å². The number of carboxylic acid groups (broad SMARTS) is 1. The minimum Gasteiger partial charge on any atom is -0.490 e. The van der Waals surface area contributed by atoms with E-state index in [2.05, 4.69) is 13.8 Å². The summed E-state index contributed by atoms with van der Waals surface area (Å²) in [7, 11) is 0. The van der Waals surface area contributed by atoms with Crippen molar-refractivity contribution < 1.29 is 24.2 Å². The highest BCUT2D eigenvalue weighted by Gasteiger charge is 2.31. The van der Waals surface area contributed by atoms with Crippen molar-refractivity contribution in [2.75, 3.05) is 13.2 Å². The van der Waals surface area contributed by atoms with E-state index in [0.717, 1.165) is 37.0 Å². The van der Waals surface area contributed by atoms with Gasteiger partial charge in [0.2, 0.25) is 0 Å². The summed E-state index contributed by atoms with van der Waals surface area (Å²) in [5.41, 5.74) is 0.856. The van der Waals surface area contributed by atoms with Crippen molar-refractivity contribution in [1.82, 2.24) is 4.90 Å². The molecule has 0 bridgehead atoms. The first-order valence-electron chi connectivity index (χ1n) is 12.8. The second-order valence-corrected chi connectivity index (χ2v) is 10.5. The van der Waals surface area contributed by atoms with Crippen molar-refractivity contribution in [2.24, 2.45) is 0 Å². The molecule has 2 rings (SSSR count). The molecule has 1 heterocycles. The Hall–Kier alpha value is -2.06. The number of hydrogen-bond acceptors (Lipinski definition) is 6. The maximum absolute atomic E-state index is 12.9. The fourth-order valence-electron chi connectivity index (χ4n) is 3.86. The van der Waals surface area contributed by atoms with Crippen LogP contribution in [0.3, 0.4) is 0 Å². The summed E-state index contributed by atoms with van der Waals surface area (Å²) >= 11 is 6.71. The molecule has 0 spiro atoms. The van der Waals surface area contributed by atoms with Crippen LogP contribution in [0.15, 0.2) is 23.1 Å². The molecule has 0 aromatic heterocycles. The van der Waals surface area contributed by atoms with E-state index in [1.54, 1.807) is 4.90 Å². The number of nitrogens with zero attached hydrogens (tertiary/aromatic N) is 1. The molecule has 8 heteroatoms. The molecule has 0 radical (unpaired) electrons. The van der Waals surface area contributed by atoms with Gasteiger partial charge in [-0.05, 0) is 63.3 Å². The van der Waals surface area contributed by atoms with E-state index in [1.165, 1.54) is 37.4 Å². The third-order valence-electron chi connectivity index (χ3n) is 5.75. The van der Waals surface area contributed by atoms with Crippen molar-refractivity contribution in [1.29, 1.82) is 0 Å². The van der Waals surface area contributed by atoms with Crippen LogP contribution in [-0.2, 0) is 9.59 Å². The molecule has 1 N–H and O–H groups in total. The van der Waals surface area contributed by atoms with Gasteiger partial charge in [0.15, 0.2) is 11.5 Å². The van der Waals surface area contributed by atoms with Gasteiger partial charge in [0, 0.05) is 13.0 Å². The highest BCUT2D eigenvalue weighted by molar-refractivity contribution is 8.26. The van der Waals surface area contributed by atoms with E-state index >= 15 is 0 Å². The Morgan fingerprint density at radius 2 is 1.86 bits per heavy atom. The molecule has 1 saturated heterocycles. The molecule has 0 aliphatic carbocycles. The number of aliphatic carboxylic acids is 1. The quantitative estimate of drug-likeness (QED) is 0.134. The van der Waals surface area contributed by atoms with Crippen LogP contribution >= 0.6 is 24.0 Å². The summed E-state index contributed by atoms with van der Waals surface area (Å²) in [6.45, 7) is 7.29. The predicted molar refractivity (Wildman–Crippen MR) is 147 cm³/mol. The van der Waals surface area contributed by atoms with Gasteiger partial charge in [-0.15, -0.1) is 0 Å². The third kappa shape index (κ3) is 10.2. The molecule has 1 aromatic rings. The van der Waals surface area contributed by atoms with Gasteiger partial charge in [-0.3, -0.25) is 14.5 Å². The van der Waals surface area contributed by atoms with Crippen molar-refractivity contribution >= 4 is 46.3 Å². The minimum atomic E-state index is -0.793. The van der Waals surface area contributed by atoms with Crippen LogP contribution in [0.4, 0.5) is 0 Å². The lowest BCUT2D eigenvalue weighted by Crippen LogP contribution is -2.29. The summed E-state index contributed by atoms with van der Waals surface area (Å²) in [4.78, 5) is 25.7. The molecule has 194 valence electrons. The van der Waals surface area contributed by atoms with Crippen LogP contribution in [-0.4, -0.2) is 45.5 Å². The van der Waals surface area contributed by atoms with E-state index in [0.29, 0.717) is 34.5 Å². The molecular formula is C27H39NO5S2. The van der Waals surface area contributed by atoms with E-state index < -0.39 is 5.97 Å². The Balaban J connectivity index is 1.98. The van der Waals surface area contributed by atoms with Crippen LogP contribution in [0.2, 0.25) is 0 Å². The van der Waals surface area contributed by atoms with E-state index in [9.17, 15) is 9.59 Å². The lowest BCUT2D eigenvalue weighted by molar-refractivity contribution is -0.137. The van der Waals surface area contributed by atoms with Gasteiger partial charge < -0.3 is 14.6 Å². The molecule has 1 aromatic carbocycles. The molecular weight excluding hydrogens is 482 g/mol. The molecule has 1 amide bonds. The van der Waals surface area contributed by atoms with Gasteiger partial charge in [-0.25, -0.2) is 0 Å². The topological polar surface area (TPSA) is 76.1 Å². The fourth-order valence-corrected chi connectivity index (χ4v) is 5.17. The zero-order chi connectivity index (χ0) is 25.6. The molecule has 1 aliphatic rings. The number of thiocarbonyl (C=S) groups is 1. The molecule has 35 heavy (non-hydrogen) atoms. The molecule has 6 nitrogen and oxygen atoms in total. The number of benzene rings is 1. The SMILES string of the molecule is CCCCCCC[C@H](C)Oc1ccc(/C=C2/SC(=S)N(CCCCCC(=O)O)C2=O)cc1OCC. The van der Waals surface area contributed by atoms with E-state index in [1.807, 2.05) is 31.2 Å². The van der Waals surface area contributed by atoms with Crippen molar-refractivity contribution in [2.45, 2.75) is 91.1 Å². The van der Waals surface area contributed by atoms with Crippen LogP contribution in [0.5, 0.6) is 11.5 Å². The van der Waals surface area contributed by atoms with Crippen molar-refractivity contribution in [3.8, 4) is 11.5 Å². The zero-order valence-corrected chi connectivity index (χ0v) is 22.8. The zero-order valence-electron chi connectivity index (χ0n) is 21.2. The average Bonchev–Trinajstić information content (AvgIpc) is 3.07. The molecule has 1 aliphatic heterocycles. The number of ether oxygens (including phenoxy) is 2. The van der Waals surface area contributed by atoms with Crippen LogP contribution in [0.1, 0.15) is 90.5 Å². The van der Waals surface area contributed by atoms with Gasteiger partial charge in [-0.1, -0.05) is 69.1 Å². The number of carbonyl (C=O) groups is 2. The van der Waals surface area contributed by atoms with E-state index in [4.69, 9.17) is 26.8 Å². The smallest absolute Gasteiger partial charge is 0.303 e. The van der Waals surface area contributed by atoms with Gasteiger partial charge in [0.1, 0.15) is 4.32 Å². The molecule has 0 unspecified atom stereocenters. The summed E-state index contributed by atoms with van der Waals surface area (Å²) in [6, 6.07) is 5.75. The maximum Gasteiger partial charge on any atom is 0.303 e. The lowest BCUT2D eigenvalue weighted by Gasteiger charge is -2.18. The van der Waals surface area contributed by atoms with Gasteiger partial charge >= 0.3 is 5.97 Å². The van der Waals surface area contributed by atoms with E-state index in [-0.39, 0.29) is 18.4 Å². The Labute approximate surface area is 219 Å². The third-order valence-corrected chi connectivity index (χ3v) is 7.13. The number of carbonyl (C=O) groups excluding carboxylic acids is 1. The lowest BCUT2D eigenvalue weighted by atomic mass is 10.1. The Morgan fingerprint density at radius 3 is 2.57 bits per heavy atom. The standard InChI is InChI=1S/C27H39NO5S2/c1-4-6-7-8-10-13-20(3)33-22-16-15-21(18-23(22)32-5-2)19-24-26(31)28(27(34)35-24)17-12-9-11-14-25(29)30/h15-16,18-20H,4-14,17H2,1-3H3,(H,29,30)/b24-19+/t20-/m0/s1. The highest BCUT2D eigenvalue weighted by atomic mass is 32.2. The van der Waals surface area contributed by atoms with Gasteiger partial charge in [0.25, 0.3) is 5.91 Å². The summed E-state index contributed by atoms with van der Waals surface area (Å²) in [5, 5.41) is 8.74. The fraction of sp³-hybridized carbons (Fsp3) is 0.593. The second kappa shape index (κ2) is 15.8. The van der Waals surface area contributed by atoms with Crippen LogP contribution < -0.4 is 9.47 Å². The van der Waals surface area contributed by atoms with Crippen LogP contribution in [0, 0.1) is 0 Å². The Morgan fingerprint density at radius 1 is 1.11 bits per heavy atom. The van der Waals surface area contributed by atoms with Gasteiger partial charge in [-0.2, -0.15) is 0 Å². The summed E-state index contributed by atoms with van der Waals surface area (Å²) < 4.78 is 12.6. The summed E-state index contributed by atoms with van der Waals surface area (Å²) in [5.74, 6) is 0.499. The first-order valence-corrected chi connectivity index (χ1v) is 14.0. The normalized spacial score (nSPS) is 15.6. The first kappa shape index (κ1) is 29.2. The Kier molecular flexibility index (Phi) is 13.2. The number of unbranched alkanes of at least 4 members (excludes halogenated alkanes) is 6. The predicted octanol–water partition coefficient (Wildman–Crippen LogP) is 7.06. The molecule has 1 fully saturated rings. The molecule has 0 saturated carbocycles. The monoisotopic (exact) mass is 521 g/mol. The maximum atomic E-state index is 12.9. The second-order valence-electron chi connectivity index (χ2n) is 8.81. The number of carboxylic acids is 1. The number of rotatable bonds is 17. The van der Waals surface area contributed by atoms with Crippen LogP contribution in [0.25, 0.3) is 6.08 Å². The highest BCUT2D eigenvalue weighted by Crippen LogP contribution is 2.35. The average molecular weight is 522 g/mol. The largest absolute Gasteiger partial charge is 0.490 e.